The van der Waals surface area contributed by atoms with Crippen LogP contribution in [0.4, 0.5) is 4.39 Å². The maximum atomic E-state index is 13.1. The van der Waals surface area contributed by atoms with E-state index < -0.39 is 11.4 Å². The summed E-state index contributed by atoms with van der Waals surface area (Å²) in [6.45, 7) is 0.217. The van der Waals surface area contributed by atoms with Crippen molar-refractivity contribution in [1.29, 1.82) is 0 Å². The van der Waals surface area contributed by atoms with Crippen LogP contribution in [0.25, 0.3) is 11.4 Å². The van der Waals surface area contributed by atoms with Gasteiger partial charge in [-0.2, -0.15) is 0 Å². The molecule has 0 aliphatic heterocycles. The van der Waals surface area contributed by atoms with E-state index in [1.54, 1.807) is 6.07 Å². The first-order chi connectivity index (χ1) is 9.52. The molecule has 1 aliphatic rings. The molecule has 1 heterocycles. The lowest BCUT2D eigenvalue weighted by Crippen LogP contribution is -2.22. The molecule has 1 N–H and O–H groups in total. The van der Waals surface area contributed by atoms with Gasteiger partial charge in [0.25, 0.3) is 0 Å². The first kappa shape index (κ1) is 13.2. The van der Waals surface area contributed by atoms with E-state index in [0.29, 0.717) is 28.7 Å². The molecule has 1 aromatic heterocycles. The molecule has 8 heteroatoms. The number of rotatable bonds is 4. The second kappa shape index (κ2) is 4.62. The largest absolute Gasteiger partial charge is 0.481 e. The Morgan fingerprint density at radius 2 is 2.25 bits per heavy atom. The molecule has 0 spiro atoms. The molecule has 1 aromatic carbocycles. The predicted octanol–water partition coefficient (Wildman–Crippen LogP) is 2.11. The number of tetrazole rings is 1. The van der Waals surface area contributed by atoms with Gasteiger partial charge in [0, 0.05) is 10.0 Å². The fourth-order valence-electron chi connectivity index (χ4n) is 2.05. The number of hydrogen-bond donors (Lipinski definition) is 1. The highest BCUT2D eigenvalue weighted by Crippen LogP contribution is 2.47. The average Bonchev–Trinajstić information content (AvgIpc) is 3.03. The summed E-state index contributed by atoms with van der Waals surface area (Å²) in [6, 6.07) is 4.18. The van der Waals surface area contributed by atoms with Gasteiger partial charge >= 0.3 is 5.97 Å². The summed E-state index contributed by atoms with van der Waals surface area (Å²) in [5, 5.41) is 20.5. The second-order valence-corrected chi connectivity index (χ2v) is 5.72. The Kier molecular flexibility index (Phi) is 3.04. The number of carboxylic acid groups (broad SMARTS) is 1. The molecule has 0 amide bonds. The molecule has 3 rings (SSSR count). The monoisotopic (exact) mass is 340 g/mol. The van der Waals surface area contributed by atoms with Gasteiger partial charge < -0.3 is 5.11 Å². The van der Waals surface area contributed by atoms with E-state index in [1.165, 1.54) is 16.8 Å². The van der Waals surface area contributed by atoms with Crippen molar-refractivity contribution in [3.05, 3.63) is 28.5 Å². The standard InChI is InChI=1S/C12H10BrFN4O2/c13-9-5-7(14)1-2-8(9)10-15-16-17-18(10)6-12(3-4-12)11(19)20/h1-2,5H,3-4,6H2,(H,19,20). The van der Waals surface area contributed by atoms with E-state index in [2.05, 4.69) is 31.5 Å². The van der Waals surface area contributed by atoms with Crippen molar-refractivity contribution in [2.45, 2.75) is 19.4 Å². The molecular weight excluding hydrogens is 331 g/mol. The fourth-order valence-corrected chi connectivity index (χ4v) is 2.58. The van der Waals surface area contributed by atoms with E-state index in [4.69, 9.17) is 0 Å². The minimum Gasteiger partial charge on any atom is -0.481 e. The minimum absolute atomic E-state index is 0.217. The Morgan fingerprint density at radius 1 is 1.50 bits per heavy atom. The fraction of sp³-hybridized carbons (Fsp3) is 0.333. The number of halogens is 2. The number of benzene rings is 1. The smallest absolute Gasteiger partial charge is 0.311 e. The van der Waals surface area contributed by atoms with E-state index >= 15 is 0 Å². The number of aromatic nitrogens is 4. The van der Waals surface area contributed by atoms with Gasteiger partial charge in [0.05, 0.1) is 12.0 Å². The van der Waals surface area contributed by atoms with E-state index in [0.717, 1.165) is 0 Å². The van der Waals surface area contributed by atoms with Crippen molar-refractivity contribution in [3.63, 3.8) is 0 Å². The second-order valence-electron chi connectivity index (χ2n) is 4.87. The highest BCUT2D eigenvalue weighted by atomic mass is 79.9. The molecule has 104 valence electrons. The highest BCUT2D eigenvalue weighted by molar-refractivity contribution is 9.10. The van der Waals surface area contributed by atoms with Crippen molar-refractivity contribution >= 4 is 21.9 Å². The van der Waals surface area contributed by atoms with Crippen LogP contribution in [0.1, 0.15) is 12.8 Å². The zero-order valence-corrected chi connectivity index (χ0v) is 11.8. The van der Waals surface area contributed by atoms with Crippen molar-refractivity contribution < 1.29 is 14.3 Å². The van der Waals surface area contributed by atoms with Gasteiger partial charge in [0.1, 0.15) is 5.82 Å². The average molecular weight is 341 g/mol. The van der Waals surface area contributed by atoms with Crippen molar-refractivity contribution in [1.82, 2.24) is 20.2 Å². The molecule has 6 nitrogen and oxygen atoms in total. The van der Waals surface area contributed by atoms with Gasteiger partial charge in [-0.25, -0.2) is 9.07 Å². The van der Waals surface area contributed by atoms with E-state index in [-0.39, 0.29) is 12.4 Å². The van der Waals surface area contributed by atoms with Gasteiger partial charge in [-0.05, 0) is 57.4 Å². The summed E-state index contributed by atoms with van der Waals surface area (Å²) >= 11 is 3.26. The molecule has 1 fully saturated rings. The third kappa shape index (κ3) is 2.20. The van der Waals surface area contributed by atoms with Crippen molar-refractivity contribution in [3.8, 4) is 11.4 Å². The lowest BCUT2D eigenvalue weighted by atomic mass is 10.1. The summed E-state index contributed by atoms with van der Waals surface area (Å²) in [5.74, 6) is -0.787. The number of carboxylic acids is 1. The third-order valence-corrected chi connectivity index (χ3v) is 4.12. The first-order valence-electron chi connectivity index (χ1n) is 5.97. The lowest BCUT2D eigenvalue weighted by Gasteiger charge is -2.11. The highest BCUT2D eigenvalue weighted by Gasteiger charge is 2.51. The number of aliphatic carboxylic acids is 1. The first-order valence-corrected chi connectivity index (χ1v) is 6.76. The quantitative estimate of drug-likeness (QED) is 0.921. The van der Waals surface area contributed by atoms with Crippen LogP contribution in [0, 0.1) is 11.2 Å². The van der Waals surface area contributed by atoms with Gasteiger partial charge in [-0.15, -0.1) is 5.10 Å². The van der Waals surface area contributed by atoms with Crippen LogP contribution < -0.4 is 0 Å². The number of carbonyl (C=O) groups is 1. The Balaban J connectivity index is 1.96. The summed E-state index contributed by atoms with van der Waals surface area (Å²) in [4.78, 5) is 11.2. The summed E-state index contributed by atoms with van der Waals surface area (Å²) in [5.41, 5.74) is -0.144. The molecule has 1 aliphatic carbocycles. The molecular formula is C12H10BrFN4O2. The number of nitrogens with zero attached hydrogens (tertiary/aromatic N) is 4. The molecule has 0 bridgehead atoms. The Labute approximate surface area is 121 Å². The molecule has 20 heavy (non-hydrogen) atoms. The number of hydrogen-bond acceptors (Lipinski definition) is 4. The van der Waals surface area contributed by atoms with Gasteiger partial charge in [0.15, 0.2) is 5.82 Å². The lowest BCUT2D eigenvalue weighted by molar-refractivity contribution is -0.144. The zero-order chi connectivity index (χ0) is 14.3. The third-order valence-electron chi connectivity index (χ3n) is 3.46. The van der Waals surface area contributed by atoms with Crippen LogP contribution in [0.3, 0.4) is 0 Å². The zero-order valence-electron chi connectivity index (χ0n) is 10.3. The van der Waals surface area contributed by atoms with E-state index in [9.17, 15) is 14.3 Å². The van der Waals surface area contributed by atoms with Crippen LogP contribution in [0.5, 0.6) is 0 Å². The van der Waals surface area contributed by atoms with Crippen LogP contribution in [0.2, 0.25) is 0 Å². The summed E-state index contributed by atoms with van der Waals surface area (Å²) < 4.78 is 15.1. The minimum atomic E-state index is -0.836. The summed E-state index contributed by atoms with van der Waals surface area (Å²) in [6.07, 6.45) is 1.23. The van der Waals surface area contributed by atoms with Gasteiger partial charge in [-0.1, -0.05) is 0 Å². The Hall–Kier alpha value is -1.83. The molecule has 1 saturated carbocycles. The topological polar surface area (TPSA) is 80.9 Å². The normalized spacial score (nSPS) is 16.1. The Bertz CT molecular complexity index is 684. The SMILES string of the molecule is O=C(O)C1(Cn2nnnc2-c2ccc(F)cc2Br)CC1. The molecule has 0 atom stereocenters. The maximum absolute atomic E-state index is 13.1. The predicted molar refractivity (Wildman–Crippen MR) is 70.2 cm³/mol. The van der Waals surface area contributed by atoms with Gasteiger partial charge in [-0.3, -0.25) is 4.79 Å². The molecule has 0 saturated heterocycles. The van der Waals surface area contributed by atoms with Gasteiger partial charge in [0.2, 0.25) is 0 Å². The molecule has 0 radical (unpaired) electrons. The van der Waals surface area contributed by atoms with Crippen molar-refractivity contribution in [2.75, 3.05) is 0 Å². The molecule has 0 unspecified atom stereocenters. The molecule has 2 aromatic rings. The Morgan fingerprint density at radius 3 is 2.85 bits per heavy atom. The van der Waals surface area contributed by atoms with Crippen LogP contribution in [-0.2, 0) is 11.3 Å². The van der Waals surface area contributed by atoms with Crippen LogP contribution >= 0.6 is 15.9 Å². The summed E-state index contributed by atoms with van der Waals surface area (Å²) in [7, 11) is 0. The van der Waals surface area contributed by atoms with Crippen LogP contribution in [0.15, 0.2) is 22.7 Å². The van der Waals surface area contributed by atoms with E-state index in [1.807, 2.05) is 0 Å². The van der Waals surface area contributed by atoms with Crippen LogP contribution in [-0.4, -0.2) is 31.3 Å². The van der Waals surface area contributed by atoms with Crippen molar-refractivity contribution in [2.24, 2.45) is 5.41 Å². The maximum Gasteiger partial charge on any atom is 0.311 e.